The van der Waals surface area contributed by atoms with Gasteiger partial charge in [-0.25, -0.2) is 9.78 Å². The molecule has 48 heavy (non-hydrogen) atoms. The number of rotatable bonds is 10. The van der Waals surface area contributed by atoms with E-state index in [4.69, 9.17) is 29.2 Å². The molecule has 252 valence electrons. The zero-order chi connectivity index (χ0) is 33.9. The number of carboxylic acids is 1. The first-order valence-corrected chi connectivity index (χ1v) is 15.9. The highest BCUT2D eigenvalue weighted by Crippen LogP contribution is 2.36. The summed E-state index contributed by atoms with van der Waals surface area (Å²) in [4.78, 5) is 44.1. The van der Waals surface area contributed by atoms with Crippen molar-refractivity contribution in [1.29, 1.82) is 0 Å². The highest BCUT2D eigenvalue weighted by atomic mass is 16.6. The molecule has 0 spiro atoms. The Hall–Kier alpha value is -5.08. The van der Waals surface area contributed by atoms with Crippen LogP contribution >= 0.6 is 0 Å². The van der Waals surface area contributed by atoms with E-state index >= 15 is 0 Å². The maximum Gasteiger partial charge on any atom is 0.326 e. The zero-order valence-electron chi connectivity index (χ0n) is 27.4. The number of morpholine rings is 2. The van der Waals surface area contributed by atoms with Gasteiger partial charge in [0, 0.05) is 57.3 Å². The van der Waals surface area contributed by atoms with Crippen LogP contribution in [-0.2, 0) is 20.7 Å². The summed E-state index contributed by atoms with van der Waals surface area (Å²) in [5.41, 5.74) is 3.11. The third kappa shape index (κ3) is 6.94. The second-order valence-electron chi connectivity index (χ2n) is 12.2. The molecule has 0 aliphatic carbocycles. The van der Waals surface area contributed by atoms with Crippen LogP contribution in [0.4, 0.5) is 23.1 Å². The Bertz CT molecular complexity index is 1790. The maximum absolute atomic E-state index is 12.5. The van der Waals surface area contributed by atoms with Crippen LogP contribution < -0.4 is 19.4 Å². The molecule has 2 aromatic carbocycles. The number of aromatic nitrogens is 3. The Balaban J connectivity index is 1.37. The Morgan fingerprint density at radius 2 is 1.75 bits per heavy atom. The van der Waals surface area contributed by atoms with Gasteiger partial charge in [-0.2, -0.15) is 9.97 Å². The topological polar surface area (TPSA) is 157 Å². The molecular weight excluding hydrogens is 618 g/mol. The van der Waals surface area contributed by atoms with Gasteiger partial charge in [-0.05, 0) is 49.7 Å². The number of nitro groups is 1. The van der Waals surface area contributed by atoms with Crippen LogP contribution in [0, 0.1) is 10.1 Å². The van der Waals surface area contributed by atoms with Crippen LogP contribution in [0.5, 0.6) is 5.75 Å². The van der Waals surface area contributed by atoms with Gasteiger partial charge >= 0.3 is 5.97 Å². The minimum Gasteiger partial charge on any atom is -0.495 e. The Morgan fingerprint density at radius 1 is 1.04 bits per heavy atom. The molecule has 2 aromatic heterocycles. The van der Waals surface area contributed by atoms with Crippen molar-refractivity contribution in [3.63, 3.8) is 0 Å². The van der Waals surface area contributed by atoms with Gasteiger partial charge in [0.2, 0.25) is 5.95 Å². The number of ether oxygens (including phenoxy) is 3. The van der Waals surface area contributed by atoms with Crippen molar-refractivity contribution in [1.82, 2.24) is 15.0 Å². The van der Waals surface area contributed by atoms with E-state index in [-0.39, 0.29) is 24.3 Å². The minimum absolute atomic E-state index is 0.0314. The number of carbonyl (C=O) groups is 1. The smallest absolute Gasteiger partial charge is 0.326 e. The number of pyridine rings is 1. The predicted octanol–water partition coefficient (Wildman–Crippen LogP) is 4.19. The summed E-state index contributed by atoms with van der Waals surface area (Å²) in [6.07, 6.45) is 0.182. The molecule has 4 heterocycles. The number of aliphatic carboxylic acids is 1. The molecule has 0 amide bonds. The summed E-state index contributed by atoms with van der Waals surface area (Å²) >= 11 is 0. The van der Waals surface area contributed by atoms with Gasteiger partial charge in [-0.15, -0.1) is 0 Å². The third-order valence-corrected chi connectivity index (χ3v) is 8.72. The summed E-state index contributed by atoms with van der Waals surface area (Å²) in [6, 6.07) is 14.4. The Kier molecular flexibility index (Phi) is 9.55. The summed E-state index contributed by atoms with van der Waals surface area (Å²) in [5.74, 6) is 0.863. The zero-order valence-corrected chi connectivity index (χ0v) is 27.4. The largest absolute Gasteiger partial charge is 0.495 e. The first-order chi connectivity index (χ1) is 23.1. The number of non-ortho nitro benzene ring substituents is 1. The van der Waals surface area contributed by atoms with E-state index in [1.165, 1.54) is 19.2 Å². The van der Waals surface area contributed by atoms with Crippen LogP contribution in [0.2, 0.25) is 0 Å². The molecule has 2 aliphatic heterocycles. The monoisotopic (exact) mass is 657 g/mol. The number of nitrogens with zero attached hydrogens (tertiary/aromatic N) is 7. The number of methoxy groups -OCH3 is 1. The van der Waals surface area contributed by atoms with Gasteiger partial charge in [0.15, 0.2) is 5.65 Å². The molecule has 14 heteroatoms. The summed E-state index contributed by atoms with van der Waals surface area (Å²) in [6.45, 7) is 8.06. The fourth-order valence-electron chi connectivity index (χ4n) is 6.30. The normalized spacial score (nSPS) is 18.8. The molecule has 14 nitrogen and oxygen atoms in total. The molecule has 0 radical (unpaired) electrons. The average molecular weight is 658 g/mol. The van der Waals surface area contributed by atoms with Crippen molar-refractivity contribution in [3.8, 4) is 17.0 Å². The maximum atomic E-state index is 12.5. The molecule has 2 saturated heterocycles. The van der Waals surface area contributed by atoms with Crippen molar-refractivity contribution in [3.05, 3.63) is 70.3 Å². The number of anilines is 3. The number of hydrogen-bond donors (Lipinski definition) is 1. The molecule has 3 unspecified atom stereocenters. The Morgan fingerprint density at radius 3 is 2.40 bits per heavy atom. The lowest BCUT2D eigenvalue weighted by Gasteiger charge is -2.36. The summed E-state index contributed by atoms with van der Waals surface area (Å²) in [5, 5.41) is 22.2. The van der Waals surface area contributed by atoms with Crippen molar-refractivity contribution in [2.24, 2.45) is 0 Å². The standard InChI is InChI=1S/C34H39N7O7/c1-21-19-40(20-22(2)48-21)34-36-31-26(32(37-34)39-13-15-47-16-14-39)10-11-27(35-31)24-7-12-30(46-4)28(18-24)38(3)29(33(42)43)17-23-5-8-25(9-6-23)41(44)45/h5-12,18,21-22,29H,13-17,19-20H2,1-4H3,(H,42,43). The van der Waals surface area contributed by atoms with Gasteiger partial charge in [-0.1, -0.05) is 12.1 Å². The molecule has 3 atom stereocenters. The van der Waals surface area contributed by atoms with E-state index in [2.05, 4.69) is 9.80 Å². The van der Waals surface area contributed by atoms with Gasteiger partial charge in [0.25, 0.3) is 5.69 Å². The molecule has 2 aliphatic rings. The quantitative estimate of drug-likeness (QED) is 0.191. The molecule has 2 fully saturated rings. The lowest BCUT2D eigenvalue weighted by Crippen LogP contribution is -2.46. The van der Waals surface area contributed by atoms with Crippen molar-refractivity contribution >= 4 is 40.1 Å². The van der Waals surface area contributed by atoms with E-state index in [0.717, 1.165) is 16.8 Å². The van der Waals surface area contributed by atoms with Crippen LogP contribution in [0.15, 0.2) is 54.6 Å². The van der Waals surface area contributed by atoms with Crippen molar-refractivity contribution in [2.75, 3.05) is 68.2 Å². The number of benzene rings is 2. The SMILES string of the molecule is COc1ccc(-c2ccc3c(N4CCOCC4)nc(N4CC(C)OC(C)C4)nc3n2)cc1N(C)C(Cc1ccc([N+](=O)[O-])cc1)C(=O)O. The first kappa shape index (κ1) is 32.8. The molecule has 1 N–H and O–H groups in total. The van der Waals surface area contributed by atoms with Crippen molar-refractivity contribution < 1.29 is 29.0 Å². The lowest BCUT2D eigenvalue weighted by molar-refractivity contribution is -0.384. The van der Waals surface area contributed by atoms with Gasteiger partial charge in [0.1, 0.15) is 17.6 Å². The van der Waals surface area contributed by atoms with E-state index in [1.807, 2.05) is 38.1 Å². The third-order valence-electron chi connectivity index (χ3n) is 8.72. The number of carboxylic acid groups (broad SMARTS) is 1. The number of hydrogen-bond acceptors (Lipinski definition) is 12. The number of nitro benzene ring substituents is 1. The molecule has 0 bridgehead atoms. The molecular formula is C34H39N7O7. The van der Waals surface area contributed by atoms with Crippen molar-refractivity contribution in [2.45, 2.75) is 38.5 Å². The average Bonchev–Trinajstić information content (AvgIpc) is 3.09. The van der Waals surface area contributed by atoms with Gasteiger partial charge < -0.3 is 34.0 Å². The van der Waals surface area contributed by atoms with E-state index in [0.29, 0.717) is 73.7 Å². The van der Waals surface area contributed by atoms with Gasteiger partial charge in [0.05, 0.1) is 54.2 Å². The summed E-state index contributed by atoms with van der Waals surface area (Å²) in [7, 11) is 3.23. The second-order valence-corrected chi connectivity index (χ2v) is 12.2. The first-order valence-electron chi connectivity index (χ1n) is 15.9. The number of fused-ring (bicyclic) bond motifs is 1. The summed E-state index contributed by atoms with van der Waals surface area (Å²) < 4.78 is 17.2. The van der Waals surface area contributed by atoms with Crippen LogP contribution in [0.3, 0.4) is 0 Å². The highest BCUT2D eigenvalue weighted by molar-refractivity contribution is 5.90. The second kappa shape index (κ2) is 14.0. The van der Waals surface area contributed by atoms with E-state index in [9.17, 15) is 20.0 Å². The molecule has 4 aromatic rings. The van der Waals surface area contributed by atoms with Gasteiger partial charge in [-0.3, -0.25) is 10.1 Å². The fourth-order valence-corrected chi connectivity index (χ4v) is 6.30. The minimum atomic E-state index is -1.04. The van der Waals surface area contributed by atoms with E-state index < -0.39 is 16.9 Å². The number of likely N-dealkylation sites (N-methyl/N-ethyl adjacent to an activating group) is 1. The molecule has 6 rings (SSSR count). The van der Waals surface area contributed by atoms with Crippen LogP contribution in [0.25, 0.3) is 22.3 Å². The Labute approximate surface area is 278 Å². The van der Waals surface area contributed by atoms with E-state index in [1.54, 1.807) is 30.1 Å². The predicted molar refractivity (Wildman–Crippen MR) is 181 cm³/mol. The highest BCUT2D eigenvalue weighted by Gasteiger charge is 2.28. The molecule has 0 saturated carbocycles. The van der Waals surface area contributed by atoms with Crippen LogP contribution in [-0.4, -0.2) is 103 Å². The van der Waals surface area contributed by atoms with Crippen LogP contribution in [0.1, 0.15) is 19.4 Å². The lowest BCUT2D eigenvalue weighted by atomic mass is 10.0. The fraction of sp³-hybridized carbons (Fsp3) is 0.412.